The quantitative estimate of drug-likeness (QED) is 0.680. The summed E-state index contributed by atoms with van der Waals surface area (Å²) in [6.07, 6.45) is 0. The number of nitrogens with one attached hydrogen (secondary N) is 1. The van der Waals surface area contributed by atoms with Gasteiger partial charge in [0.25, 0.3) is 0 Å². The van der Waals surface area contributed by atoms with Gasteiger partial charge in [0.15, 0.2) is 5.82 Å². The number of carbonyl (C=O) groups is 1. The molecule has 0 saturated heterocycles. The van der Waals surface area contributed by atoms with E-state index in [1.165, 1.54) is 11.8 Å². The highest BCUT2D eigenvalue weighted by Gasteiger charge is 2.07. The molecular formula is C16H12ClN3O2S. The Balaban J connectivity index is 1.66. The van der Waals surface area contributed by atoms with Gasteiger partial charge >= 0.3 is 5.97 Å². The number of hydrogen-bond donors (Lipinski definition) is 2. The number of thioether (sulfide) groups is 1. The summed E-state index contributed by atoms with van der Waals surface area (Å²) < 4.78 is 0. The fourth-order valence-corrected chi connectivity index (χ4v) is 2.91. The number of aromatic amines is 1. The minimum Gasteiger partial charge on any atom is -0.478 e. The normalized spacial score (nSPS) is 10.7. The van der Waals surface area contributed by atoms with Gasteiger partial charge in [-0.2, -0.15) is 0 Å². The van der Waals surface area contributed by atoms with Crippen molar-refractivity contribution in [3.05, 3.63) is 64.7 Å². The molecule has 0 bridgehead atoms. The first-order valence-corrected chi connectivity index (χ1v) is 8.11. The molecule has 3 aromatic rings. The molecule has 0 unspecified atom stereocenters. The lowest BCUT2D eigenvalue weighted by atomic mass is 10.1. The molecule has 0 fully saturated rings. The molecule has 116 valence electrons. The Morgan fingerprint density at radius 1 is 1.22 bits per heavy atom. The van der Waals surface area contributed by atoms with Crippen molar-refractivity contribution in [2.75, 3.05) is 0 Å². The Kier molecular flexibility index (Phi) is 4.64. The fourth-order valence-electron chi connectivity index (χ4n) is 1.97. The molecule has 0 saturated carbocycles. The number of aromatic carboxylic acids is 1. The lowest BCUT2D eigenvalue weighted by molar-refractivity contribution is 0.0697. The maximum absolute atomic E-state index is 10.8. The van der Waals surface area contributed by atoms with Crippen LogP contribution in [0.1, 0.15) is 15.9 Å². The third-order valence-electron chi connectivity index (χ3n) is 3.13. The summed E-state index contributed by atoms with van der Waals surface area (Å²) in [5.74, 6) is 0.396. The van der Waals surface area contributed by atoms with Gasteiger partial charge in [-0.1, -0.05) is 47.6 Å². The topological polar surface area (TPSA) is 78.9 Å². The Morgan fingerprint density at radius 3 is 2.70 bits per heavy atom. The summed E-state index contributed by atoms with van der Waals surface area (Å²) in [4.78, 5) is 15.2. The molecule has 0 aliphatic heterocycles. The standard InChI is InChI=1S/C16H12ClN3O2S/c17-13-3-1-2-12(8-13)14-18-16(20-19-14)23-9-10-4-6-11(7-5-10)15(21)22/h1-8H,9H2,(H,21,22)(H,18,19,20). The van der Waals surface area contributed by atoms with E-state index in [9.17, 15) is 4.79 Å². The number of benzene rings is 2. The summed E-state index contributed by atoms with van der Waals surface area (Å²) in [6, 6.07) is 14.2. The van der Waals surface area contributed by atoms with Crippen LogP contribution in [0.5, 0.6) is 0 Å². The Labute approximate surface area is 141 Å². The predicted molar refractivity (Wildman–Crippen MR) is 89.8 cm³/mol. The molecule has 3 rings (SSSR count). The third kappa shape index (κ3) is 3.91. The molecule has 2 N–H and O–H groups in total. The zero-order chi connectivity index (χ0) is 16.2. The number of carboxylic acid groups (broad SMARTS) is 1. The zero-order valence-electron chi connectivity index (χ0n) is 11.9. The smallest absolute Gasteiger partial charge is 0.335 e. The molecule has 0 amide bonds. The summed E-state index contributed by atoms with van der Waals surface area (Å²) in [5, 5.41) is 17.2. The van der Waals surface area contributed by atoms with Crippen molar-refractivity contribution in [1.29, 1.82) is 0 Å². The van der Waals surface area contributed by atoms with Crippen molar-refractivity contribution < 1.29 is 9.90 Å². The van der Waals surface area contributed by atoms with Gasteiger partial charge < -0.3 is 5.11 Å². The second-order valence-electron chi connectivity index (χ2n) is 4.77. The number of carboxylic acids is 1. The second kappa shape index (κ2) is 6.85. The van der Waals surface area contributed by atoms with E-state index in [1.807, 2.05) is 18.2 Å². The van der Waals surface area contributed by atoms with E-state index in [-0.39, 0.29) is 5.56 Å². The van der Waals surface area contributed by atoms with Crippen LogP contribution in [0.2, 0.25) is 5.02 Å². The van der Waals surface area contributed by atoms with E-state index in [1.54, 1.807) is 30.3 Å². The van der Waals surface area contributed by atoms with E-state index in [2.05, 4.69) is 15.2 Å². The van der Waals surface area contributed by atoms with Crippen molar-refractivity contribution in [2.24, 2.45) is 0 Å². The van der Waals surface area contributed by atoms with Gasteiger partial charge in [-0.15, -0.1) is 5.10 Å². The van der Waals surface area contributed by atoms with Crippen molar-refractivity contribution in [2.45, 2.75) is 10.9 Å². The minimum absolute atomic E-state index is 0.278. The van der Waals surface area contributed by atoms with Gasteiger partial charge in [0, 0.05) is 16.3 Å². The largest absolute Gasteiger partial charge is 0.478 e. The number of rotatable bonds is 5. The van der Waals surface area contributed by atoms with Gasteiger partial charge in [-0.05, 0) is 29.8 Å². The van der Waals surface area contributed by atoms with Crippen LogP contribution in [0.4, 0.5) is 0 Å². The Hall–Kier alpha value is -2.31. The molecule has 0 aliphatic rings. The molecule has 0 atom stereocenters. The van der Waals surface area contributed by atoms with Crippen molar-refractivity contribution in [3.63, 3.8) is 0 Å². The molecular weight excluding hydrogens is 334 g/mol. The average Bonchev–Trinajstić information content (AvgIpc) is 3.02. The van der Waals surface area contributed by atoms with E-state index in [4.69, 9.17) is 16.7 Å². The van der Waals surface area contributed by atoms with Crippen molar-refractivity contribution in [3.8, 4) is 11.4 Å². The first-order chi connectivity index (χ1) is 11.1. The second-order valence-corrected chi connectivity index (χ2v) is 6.15. The number of nitrogens with zero attached hydrogens (tertiary/aromatic N) is 2. The average molecular weight is 346 g/mol. The van der Waals surface area contributed by atoms with Gasteiger partial charge in [-0.3, -0.25) is 5.10 Å². The maximum atomic E-state index is 10.8. The molecule has 7 heteroatoms. The van der Waals surface area contributed by atoms with Crippen LogP contribution < -0.4 is 0 Å². The van der Waals surface area contributed by atoms with Crippen molar-refractivity contribution in [1.82, 2.24) is 15.2 Å². The van der Waals surface area contributed by atoms with Gasteiger partial charge in [0.2, 0.25) is 5.16 Å². The number of hydrogen-bond acceptors (Lipinski definition) is 4. The van der Waals surface area contributed by atoms with E-state index in [0.717, 1.165) is 11.1 Å². The monoisotopic (exact) mass is 345 g/mol. The number of H-pyrrole nitrogens is 1. The SMILES string of the molecule is O=C(O)c1ccc(CSc2n[nH]c(-c3cccc(Cl)c3)n2)cc1. The predicted octanol–water partition coefficient (Wildman–Crippen LogP) is 4.12. The van der Waals surface area contributed by atoms with Crippen LogP contribution in [0.15, 0.2) is 53.7 Å². The molecule has 1 aromatic heterocycles. The van der Waals surface area contributed by atoms with Crippen LogP contribution >= 0.6 is 23.4 Å². The van der Waals surface area contributed by atoms with Gasteiger partial charge in [-0.25, -0.2) is 9.78 Å². The molecule has 0 spiro atoms. The van der Waals surface area contributed by atoms with Crippen LogP contribution in [0, 0.1) is 0 Å². The molecule has 2 aromatic carbocycles. The van der Waals surface area contributed by atoms with Crippen LogP contribution in [0.3, 0.4) is 0 Å². The van der Waals surface area contributed by atoms with E-state index in [0.29, 0.717) is 21.8 Å². The molecule has 1 heterocycles. The van der Waals surface area contributed by atoms with Crippen LogP contribution in [-0.4, -0.2) is 26.3 Å². The lowest BCUT2D eigenvalue weighted by Crippen LogP contribution is -1.95. The highest BCUT2D eigenvalue weighted by molar-refractivity contribution is 7.98. The number of halogens is 1. The molecule has 23 heavy (non-hydrogen) atoms. The third-order valence-corrected chi connectivity index (χ3v) is 4.29. The van der Waals surface area contributed by atoms with Crippen LogP contribution in [-0.2, 0) is 5.75 Å². The van der Waals surface area contributed by atoms with E-state index >= 15 is 0 Å². The molecule has 0 aliphatic carbocycles. The number of aromatic nitrogens is 3. The zero-order valence-corrected chi connectivity index (χ0v) is 13.4. The minimum atomic E-state index is -0.927. The first kappa shape index (κ1) is 15.6. The van der Waals surface area contributed by atoms with Crippen LogP contribution in [0.25, 0.3) is 11.4 Å². The van der Waals surface area contributed by atoms with Gasteiger partial charge in [0.1, 0.15) is 0 Å². The van der Waals surface area contributed by atoms with E-state index < -0.39 is 5.97 Å². The summed E-state index contributed by atoms with van der Waals surface area (Å²) in [6.45, 7) is 0. The highest BCUT2D eigenvalue weighted by atomic mass is 35.5. The van der Waals surface area contributed by atoms with Gasteiger partial charge in [0.05, 0.1) is 5.56 Å². The molecule has 0 radical (unpaired) electrons. The summed E-state index contributed by atoms with van der Waals surface area (Å²) >= 11 is 7.44. The maximum Gasteiger partial charge on any atom is 0.335 e. The van der Waals surface area contributed by atoms with Crippen molar-refractivity contribution >= 4 is 29.3 Å². The summed E-state index contributed by atoms with van der Waals surface area (Å²) in [7, 11) is 0. The Bertz CT molecular complexity index is 833. The Morgan fingerprint density at radius 2 is 2.00 bits per heavy atom. The lowest BCUT2D eigenvalue weighted by Gasteiger charge is -1.99. The fraction of sp³-hybridized carbons (Fsp3) is 0.0625. The molecule has 5 nitrogen and oxygen atoms in total. The first-order valence-electron chi connectivity index (χ1n) is 6.75. The summed E-state index contributed by atoms with van der Waals surface area (Å²) in [5.41, 5.74) is 2.16. The highest BCUT2D eigenvalue weighted by Crippen LogP contribution is 2.24.